The molecule has 4 heteroatoms. The Morgan fingerprint density at radius 3 is 2.69 bits per heavy atom. The summed E-state index contributed by atoms with van der Waals surface area (Å²) in [6, 6.07) is 0. The molecule has 0 N–H and O–H groups in total. The smallest absolute Gasteiger partial charge is 0.145 e. The van der Waals surface area contributed by atoms with E-state index in [0.717, 1.165) is 5.82 Å². The summed E-state index contributed by atoms with van der Waals surface area (Å²) in [4.78, 5) is 5.05. The molecular formula is C9H13BrN2S. The molecular weight excluding hydrogens is 248 g/mol. The van der Waals surface area contributed by atoms with Gasteiger partial charge in [-0.3, -0.25) is 0 Å². The van der Waals surface area contributed by atoms with Crippen molar-refractivity contribution in [1.82, 2.24) is 9.36 Å². The van der Waals surface area contributed by atoms with Gasteiger partial charge in [0.15, 0.2) is 0 Å². The molecule has 0 amide bonds. The van der Waals surface area contributed by atoms with Crippen LogP contribution in [0.4, 0.5) is 0 Å². The van der Waals surface area contributed by atoms with Crippen LogP contribution in [0.25, 0.3) is 0 Å². The van der Waals surface area contributed by atoms with Gasteiger partial charge in [0.1, 0.15) is 10.8 Å². The molecule has 1 heterocycles. The third-order valence-corrected chi connectivity index (χ3v) is 4.20. The van der Waals surface area contributed by atoms with E-state index in [4.69, 9.17) is 0 Å². The lowest BCUT2D eigenvalue weighted by atomic mass is 10.1. The van der Waals surface area contributed by atoms with Crippen LogP contribution in [0.3, 0.4) is 0 Å². The molecule has 2 unspecified atom stereocenters. The number of hydrogen-bond acceptors (Lipinski definition) is 3. The molecule has 0 spiro atoms. The number of hydrogen-bond donors (Lipinski definition) is 0. The van der Waals surface area contributed by atoms with Gasteiger partial charge in [-0.25, -0.2) is 4.98 Å². The first kappa shape index (κ1) is 9.59. The molecule has 2 atom stereocenters. The van der Waals surface area contributed by atoms with Crippen molar-refractivity contribution in [3.8, 4) is 0 Å². The minimum atomic E-state index is 0.477. The van der Waals surface area contributed by atoms with Crippen LogP contribution in [-0.2, 0) is 0 Å². The van der Waals surface area contributed by atoms with Crippen molar-refractivity contribution in [1.29, 1.82) is 0 Å². The van der Waals surface area contributed by atoms with Crippen LogP contribution in [-0.4, -0.2) is 14.2 Å². The SMILES string of the molecule is CC(Br)C(C)c1nc(C2CC2)ns1. The molecule has 0 aliphatic heterocycles. The van der Waals surface area contributed by atoms with Crippen LogP contribution in [0.1, 0.15) is 49.4 Å². The summed E-state index contributed by atoms with van der Waals surface area (Å²) < 4.78 is 4.39. The Bertz CT molecular complexity index is 294. The molecule has 1 aliphatic rings. The molecule has 0 radical (unpaired) electrons. The van der Waals surface area contributed by atoms with Crippen molar-refractivity contribution in [2.75, 3.05) is 0 Å². The van der Waals surface area contributed by atoms with Gasteiger partial charge in [-0.15, -0.1) is 0 Å². The molecule has 13 heavy (non-hydrogen) atoms. The molecule has 1 aliphatic carbocycles. The third kappa shape index (κ3) is 2.10. The third-order valence-electron chi connectivity index (χ3n) is 2.48. The molecule has 2 nitrogen and oxygen atoms in total. The van der Waals surface area contributed by atoms with Crippen LogP contribution in [0, 0.1) is 0 Å². The fourth-order valence-electron chi connectivity index (χ4n) is 1.14. The van der Waals surface area contributed by atoms with E-state index >= 15 is 0 Å². The van der Waals surface area contributed by atoms with Crippen LogP contribution >= 0.6 is 27.5 Å². The minimum Gasteiger partial charge on any atom is -0.224 e. The number of nitrogens with zero attached hydrogens (tertiary/aromatic N) is 2. The highest BCUT2D eigenvalue weighted by molar-refractivity contribution is 9.09. The van der Waals surface area contributed by atoms with E-state index in [-0.39, 0.29) is 0 Å². The highest BCUT2D eigenvalue weighted by Crippen LogP contribution is 2.39. The van der Waals surface area contributed by atoms with E-state index in [1.165, 1.54) is 17.8 Å². The first-order valence-electron chi connectivity index (χ1n) is 4.66. The maximum atomic E-state index is 4.57. The van der Waals surface area contributed by atoms with Crippen LogP contribution in [0.5, 0.6) is 0 Å². The maximum Gasteiger partial charge on any atom is 0.145 e. The Labute approximate surface area is 91.1 Å². The molecule has 2 rings (SSSR count). The monoisotopic (exact) mass is 260 g/mol. The second kappa shape index (κ2) is 3.65. The molecule has 1 aromatic rings. The summed E-state index contributed by atoms with van der Waals surface area (Å²) in [6.07, 6.45) is 2.57. The second-order valence-electron chi connectivity index (χ2n) is 3.73. The molecule has 1 fully saturated rings. The van der Waals surface area contributed by atoms with Gasteiger partial charge in [-0.1, -0.05) is 29.8 Å². The van der Waals surface area contributed by atoms with Gasteiger partial charge in [0.05, 0.1) is 0 Å². The fourth-order valence-corrected chi connectivity index (χ4v) is 2.44. The minimum absolute atomic E-state index is 0.477. The number of halogens is 1. The van der Waals surface area contributed by atoms with Crippen molar-refractivity contribution in [2.45, 2.75) is 43.4 Å². The van der Waals surface area contributed by atoms with Crippen molar-refractivity contribution < 1.29 is 0 Å². The Balaban J connectivity index is 2.11. The largest absolute Gasteiger partial charge is 0.224 e. The maximum absolute atomic E-state index is 4.57. The Morgan fingerprint density at radius 2 is 2.15 bits per heavy atom. The average Bonchev–Trinajstić information content (AvgIpc) is 2.83. The summed E-state index contributed by atoms with van der Waals surface area (Å²) in [5.74, 6) is 2.24. The average molecular weight is 261 g/mol. The normalized spacial score (nSPS) is 21.5. The zero-order valence-electron chi connectivity index (χ0n) is 7.83. The number of rotatable bonds is 3. The predicted molar refractivity (Wildman–Crippen MR) is 58.7 cm³/mol. The zero-order chi connectivity index (χ0) is 9.42. The number of alkyl halides is 1. The zero-order valence-corrected chi connectivity index (χ0v) is 10.2. The molecule has 1 aromatic heterocycles. The van der Waals surface area contributed by atoms with E-state index in [1.807, 2.05) is 0 Å². The summed E-state index contributed by atoms with van der Waals surface area (Å²) >= 11 is 5.14. The summed E-state index contributed by atoms with van der Waals surface area (Å²) in [5, 5.41) is 1.17. The highest BCUT2D eigenvalue weighted by atomic mass is 79.9. The first-order chi connectivity index (χ1) is 6.18. The molecule has 72 valence electrons. The quantitative estimate of drug-likeness (QED) is 0.780. The van der Waals surface area contributed by atoms with Gasteiger partial charge in [-0.2, -0.15) is 4.37 Å². The van der Waals surface area contributed by atoms with Crippen LogP contribution in [0.2, 0.25) is 0 Å². The van der Waals surface area contributed by atoms with Gasteiger partial charge in [0.25, 0.3) is 0 Å². The Hall–Kier alpha value is 0.0400. The topological polar surface area (TPSA) is 25.8 Å². The van der Waals surface area contributed by atoms with Gasteiger partial charge in [0.2, 0.25) is 0 Å². The van der Waals surface area contributed by atoms with Crippen molar-refractivity contribution in [3.05, 3.63) is 10.8 Å². The van der Waals surface area contributed by atoms with Gasteiger partial charge >= 0.3 is 0 Å². The van der Waals surface area contributed by atoms with Gasteiger partial charge in [0, 0.05) is 16.7 Å². The van der Waals surface area contributed by atoms with Crippen molar-refractivity contribution in [2.24, 2.45) is 0 Å². The fraction of sp³-hybridized carbons (Fsp3) is 0.778. The van der Waals surface area contributed by atoms with Crippen LogP contribution in [0.15, 0.2) is 0 Å². The second-order valence-corrected chi connectivity index (χ2v) is 5.96. The molecule has 1 saturated carbocycles. The van der Waals surface area contributed by atoms with Crippen LogP contribution < -0.4 is 0 Å². The standard InChI is InChI=1S/C9H13BrN2S/c1-5(6(2)10)9-11-8(12-13-9)7-3-4-7/h5-7H,3-4H2,1-2H3. The predicted octanol–water partition coefficient (Wildman–Crippen LogP) is 3.30. The lowest BCUT2D eigenvalue weighted by Gasteiger charge is -2.08. The van der Waals surface area contributed by atoms with Gasteiger partial charge < -0.3 is 0 Å². The van der Waals surface area contributed by atoms with E-state index in [1.54, 1.807) is 11.5 Å². The lowest BCUT2D eigenvalue weighted by molar-refractivity contribution is 0.746. The molecule has 0 aromatic carbocycles. The van der Waals surface area contributed by atoms with Gasteiger partial charge in [-0.05, 0) is 24.4 Å². The van der Waals surface area contributed by atoms with Crippen molar-refractivity contribution >= 4 is 27.5 Å². The highest BCUT2D eigenvalue weighted by Gasteiger charge is 2.28. The molecule has 0 bridgehead atoms. The van der Waals surface area contributed by atoms with E-state index in [2.05, 4.69) is 39.1 Å². The lowest BCUT2D eigenvalue weighted by Crippen LogP contribution is -2.03. The Morgan fingerprint density at radius 1 is 1.46 bits per heavy atom. The first-order valence-corrected chi connectivity index (χ1v) is 6.35. The summed E-state index contributed by atoms with van der Waals surface area (Å²) in [5.41, 5.74) is 0. The Kier molecular flexibility index (Phi) is 2.70. The van der Waals surface area contributed by atoms with Crippen molar-refractivity contribution in [3.63, 3.8) is 0 Å². The molecule has 0 saturated heterocycles. The van der Waals surface area contributed by atoms with E-state index in [9.17, 15) is 0 Å². The number of aromatic nitrogens is 2. The summed E-state index contributed by atoms with van der Waals surface area (Å²) in [6.45, 7) is 4.35. The van der Waals surface area contributed by atoms with E-state index < -0.39 is 0 Å². The van der Waals surface area contributed by atoms with E-state index in [0.29, 0.717) is 16.7 Å². The summed E-state index contributed by atoms with van der Waals surface area (Å²) in [7, 11) is 0.